The van der Waals surface area contributed by atoms with Gasteiger partial charge in [0, 0.05) is 34.8 Å². The Morgan fingerprint density at radius 1 is 1.06 bits per heavy atom. The zero-order valence-electron chi connectivity index (χ0n) is 18.4. The average molecular weight is 577 g/mol. The quantitative estimate of drug-likeness (QED) is 0.321. The number of alkyl halides is 2. The summed E-state index contributed by atoms with van der Waals surface area (Å²) >= 11 is 7.01. The van der Waals surface area contributed by atoms with Crippen molar-refractivity contribution in [1.29, 1.82) is 5.26 Å². The van der Waals surface area contributed by atoms with Crippen LogP contribution in [-0.2, 0) is 19.7 Å². The summed E-state index contributed by atoms with van der Waals surface area (Å²) in [5.41, 5.74) is 5.92. The number of para-hydroxylation sites is 1. The first-order valence-corrected chi connectivity index (χ1v) is 13.6. The normalized spacial score (nSPS) is 23.2. The van der Waals surface area contributed by atoms with Crippen molar-refractivity contribution in [1.82, 2.24) is 0 Å². The van der Waals surface area contributed by atoms with Gasteiger partial charge in [0.25, 0.3) is 0 Å². The highest BCUT2D eigenvalue weighted by molar-refractivity contribution is 9.09. The van der Waals surface area contributed by atoms with Gasteiger partial charge < -0.3 is 15.8 Å². The summed E-state index contributed by atoms with van der Waals surface area (Å²) in [4.78, 5) is 27.4. The van der Waals surface area contributed by atoms with Gasteiger partial charge in [-0.05, 0) is 37.2 Å². The number of rotatable bonds is 8. The number of unbranched alkanes of at least 4 members (excludes halogenated alkanes) is 2. The molecule has 1 unspecified atom stereocenters. The van der Waals surface area contributed by atoms with Crippen LogP contribution in [0.25, 0.3) is 0 Å². The molecule has 1 atom stereocenters. The van der Waals surface area contributed by atoms with Crippen LogP contribution in [-0.4, -0.2) is 22.4 Å². The molecule has 0 radical (unpaired) electrons. The molecule has 0 fully saturated rings. The summed E-state index contributed by atoms with van der Waals surface area (Å²) in [6, 6.07) is 9.27. The second-order valence-electron chi connectivity index (χ2n) is 9.07. The van der Waals surface area contributed by atoms with E-state index < -0.39 is 11.3 Å². The van der Waals surface area contributed by atoms with Crippen molar-refractivity contribution in [3.8, 4) is 6.07 Å². The molecule has 1 amide bonds. The number of Topliss-reactive ketones (excluding diaryl/α,β-unsaturated/α-hetero) is 1. The predicted octanol–water partition coefficient (Wildman–Crippen LogP) is 5.33. The summed E-state index contributed by atoms with van der Waals surface area (Å²) in [5, 5.41) is 14.7. The van der Waals surface area contributed by atoms with Crippen molar-refractivity contribution in [2.75, 3.05) is 16.0 Å². The van der Waals surface area contributed by atoms with Gasteiger partial charge in [-0.15, -0.1) is 0 Å². The Labute approximate surface area is 210 Å². The Balaban J connectivity index is 1.84. The zero-order chi connectivity index (χ0) is 23.6. The van der Waals surface area contributed by atoms with E-state index in [4.69, 9.17) is 10.5 Å². The molecule has 2 aliphatic heterocycles. The fourth-order valence-electron chi connectivity index (χ4n) is 5.64. The first kappa shape index (κ1) is 24.0. The maximum Gasteiger partial charge on any atom is 0.245 e. The molecule has 1 aromatic carbocycles. The minimum atomic E-state index is -1.54. The van der Waals surface area contributed by atoms with E-state index in [9.17, 15) is 14.9 Å². The van der Waals surface area contributed by atoms with E-state index in [2.05, 4.69) is 43.2 Å². The molecule has 0 bridgehead atoms. The van der Waals surface area contributed by atoms with Crippen molar-refractivity contribution in [3.05, 3.63) is 52.6 Å². The molecule has 8 heteroatoms. The Morgan fingerprint density at radius 2 is 1.73 bits per heavy atom. The SMILES string of the molecule is N#CC1=C(N)OC2=C(C(=O)CC(CCCCBr)(CCCCBr)C2)C12C(=O)Nc1ccccc12. The molecule has 174 valence electrons. The van der Waals surface area contributed by atoms with E-state index in [0.717, 1.165) is 49.2 Å². The molecule has 3 aliphatic rings. The first-order chi connectivity index (χ1) is 15.9. The van der Waals surface area contributed by atoms with Gasteiger partial charge in [-0.3, -0.25) is 9.59 Å². The lowest BCUT2D eigenvalue weighted by Crippen LogP contribution is -2.48. The molecule has 0 aromatic heterocycles. The summed E-state index contributed by atoms with van der Waals surface area (Å²) in [5.74, 6) is -0.181. The lowest BCUT2D eigenvalue weighted by atomic mass is 9.59. The number of halogens is 2. The number of ketones is 1. The topological polar surface area (TPSA) is 105 Å². The predicted molar refractivity (Wildman–Crippen MR) is 134 cm³/mol. The van der Waals surface area contributed by atoms with Gasteiger partial charge >= 0.3 is 0 Å². The van der Waals surface area contributed by atoms with Crippen LogP contribution in [0.4, 0.5) is 5.69 Å². The van der Waals surface area contributed by atoms with Crippen molar-refractivity contribution in [3.63, 3.8) is 0 Å². The average Bonchev–Trinajstić information content (AvgIpc) is 3.06. The molecule has 6 nitrogen and oxygen atoms in total. The number of fused-ring (bicyclic) bond motifs is 3. The van der Waals surface area contributed by atoms with E-state index in [1.165, 1.54) is 0 Å². The van der Waals surface area contributed by atoms with Gasteiger partial charge in [0.05, 0.1) is 5.57 Å². The molecule has 33 heavy (non-hydrogen) atoms. The fourth-order valence-corrected chi connectivity index (χ4v) is 6.43. The summed E-state index contributed by atoms with van der Waals surface area (Å²) in [7, 11) is 0. The highest BCUT2D eigenvalue weighted by atomic mass is 79.9. The Bertz CT molecular complexity index is 1080. The second kappa shape index (κ2) is 9.63. The Kier molecular flexibility index (Phi) is 7.01. The van der Waals surface area contributed by atoms with E-state index in [1.54, 1.807) is 18.2 Å². The fraction of sp³-hybridized carbons (Fsp3) is 0.480. The number of anilines is 1. The third kappa shape index (κ3) is 3.93. The highest BCUT2D eigenvalue weighted by Gasteiger charge is 2.61. The van der Waals surface area contributed by atoms with Gasteiger partial charge in [-0.25, -0.2) is 0 Å². The van der Waals surface area contributed by atoms with Crippen LogP contribution in [0, 0.1) is 16.7 Å². The molecule has 1 aliphatic carbocycles. The molecule has 1 aromatic rings. The number of nitriles is 1. The number of carbonyl (C=O) groups is 2. The number of nitrogens with zero attached hydrogens (tertiary/aromatic N) is 1. The number of carbonyl (C=O) groups excluding carboxylic acids is 2. The smallest absolute Gasteiger partial charge is 0.245 e. The van der Waals surface area contributed by atoms with E-state index in [1.807, 2.05) is 6.07 Å². The van der Waals surface area contributed by atoms with Crippen molar-refractivity contribution < 1.29 is 14.3 Å². The van der Waals surface area contributed by atoms with Crippen LogP contribution in [0.2, 0.25) is 0 Å². The van der Waals surface area contributed by atoms with Gasteiger partial charge in [0.1, 0.15) is 22.8 Å². The molecule has 1 spiro atoms. The van der Waals surface area contributed by atoms with Gasteiger partial charge in [-0.1, -0.05) is 62.9 Å². The minimum Gasteiger partial charge on any atom is -0.444 e. The maximum absolute atomic E-state index is 13.9. The lowest BCUT2D eigenvalue weighted by Gasteiger charge is -2.44. The van der Waals surface area contributed by atoms with Crippen LogP contribution in [0.15, 0.2) is 47.1 Å². The zero-order valence-corrected chi connectivity index (χ0v) is 21.6. The van der Waals surface area contributed by atoms with Crippen LogP contribution in [0.5, 0.6) is 0 Å². The molecule has 2 heterocycles. The van der Waals surface area contributed by atoms with E-state index >= 15 is 0 Å². The number of ether oxygens (including phenoxy) is 1. The largest absolute Gasteiger partial charge is 0.444 e. The van der Waals surface area contributed by atoms with Crippen molar-refractivity contribution >= 4 is 49.2 Å². The number of benzene rings is 1. The van der Waals surface area contributed by atoms with Crippen LogP contribution < -0.4 is 11.1 Å². The molecule has 0 saturated heterocycles. The molecular weight excluding hydrogens is 550 g/mol. The number of nitrogens with two attached hydrogens (primary N) is 1. The number of hydrogen-bond donors (Lipinski definition) is 2. The van der Waals surface area contributed by atoms with Crippen LogP contribution in [0.3, 0.4) is 0 Å². The van der Waals surface area contributed by atoms with E-state index in [0.29, 0.717) is 29.9 Å². The Hall–Kier alpha value is -2.11. The molecular formula is C25H27Br2N3O3. The second-order valence-corrected chi connectivity index (χ2v) is 10.7. The Morgan fingerprint density at radius 3 is 2.36 bits per heavy atom. The summed E-state index contributed by atoms with van der Waals surface area (Å²) in [6.07, 6.45) is 6.74. The van der Waals surface area contributed by atoms with Gasteiger partial charge in [-0.2, -0.15) is 5.26 Å². The third-order valence-electron chi connectivity index (χ3n) is 7.07. The molecule has 3 N–H and O–H groups in total. The summed E-state index contributed by atoms with van der Waals surface area (Å²) in [6.45, 7) is 0. The molecule has 4 rings (SSSR count). The summed E-state index contributed by atoms with van der Waals surface area (Å²) < 4.78 is 5.98. The van der Waals surface area contributed by atoms with Gasteiger partial charge in [0.15, 0.2) is 5.78 Å². The highest BCUT2D eigenvalue weighted by Crippen LogP contribution is 2.57. The first-order valence-electron chi connectivity index (χ1n) is 11.3. The minimum absolute atomic E-state index is 0.0110. The maximum atomic E-state index is 13.9. The monoisotopic (exact) mass is 575 g/mol. The lowest BCUT2D eigenvalue weighted by molar-refractivity contribution is -0.125. The third-order valence-corrected chi connectivity index (χ3v) is 8.19. The number of hydrogen-bond acceptors (Lipinski definition) is 5. The molecule has 0 saturated carbocycles. The number of amides is 1. The van der Waals surface area contributed by atoms with Crippen LogP contribution >= 0.6 is 31.9 Å². The van der Waals surface area contributed by atoms with E-state index in [-0.39, 0.29) is 28.2 Å². The van der Waals surface area contributed by atoms with Crippen molar-refractivity contribution in [2.45, 2.75) is 56.8 Å². The van der Waals surface area contributed by atoms with Crippen molar-refractivity contribution in [2.24, 2.45) is 11.1 Å². The number of nitrogens with one attached hydrogen (secondary N) is 1. The van der Waals surface area contributed by atoms with Crippen LogP contribution in [0.1, 0.15) is 56.9 Å². The standard InChI is InChI=1S/C25H27Br2N3O3/c26-11-5-3-9-24(10-4-6-12-27)13-19(31)21-20(14-24)33-22(29)17(15-28)25(21)16-7-1-2-8-18(16)30-23(25)32/h1-2,7-8H,3-6,9-14,29H2,(H,30,32). The number of allylic oxidation sites excluding steroid dienone is 1. The van der Waals surface area contributed by atoms with Gasteiger partial charge in [0.2, 0.25) is 11.8 Å².